The van der Waals surface area contributed by atoms with Crippen LogP contribution >= 0.6 is 0 Å². The van der Waals surface area contributed by atoms with E-state index >= 15 is 0 Å². The van der Waals surface area contributed by atoms with Crippen molar-refractivity contribution in [2.45, 2.75) is 82.5 Å². The van der Waals surface area contributed by atoms with E-state index in [0.717, 1.165) is 76.5 Å². The van der Waals surface area contributed by atoms with Crippen LogP contribution in [-0.4, -0.2) is 48.6 Å². The van der Waals surface area contributed by atoms with Crippen LogP contribution in [-0.2, 0) is 6.42 Å². The first-order valence-corrected chi connectivity index (χ1v) is 19.1. The number of unbranched alkanes of at least 4 members (excludes halogenated alkanes) is 1. The third-order valence-corrected chi connectivity index (χ3v) is 9.21. The lowest BCUT2D eigenvalue weighted by molar-refractivity contribution is 0.143. The summed E-state index contributed by atoms with van der Waals surface area (Å²) in [5.41, 5.74) is 5.65. The topological polar surface area (TPSA) is 99.4 Å². The van der Waals surface area contributed by atoms with Gasteiger partial charge in [0.05, 0.1) is 28.8 Å². The SMILES string of the molecule is C#CC(O)CCCCc1ccc2ccccc2n1.C=CC(O)CCC#Cc1ccc2ccccc2n1.OC(CCC#Cc1ccc2ccccc2n1)C1CC1. The number of fused-ring (bicyclic) bond motifs is 3. The summed E-state index contributed by atoms with van der Waals surface area (Å²) in [5, 5.41) is 31.7. The average Bonchev–Trinajstić information content (AvgIpc) is 4.09. The van der Waals surface area contributed by atoms with Crippen molar-refractivity contribution in [2.75, 3.05) is 0 Å². The summed E-state index contributed by atoms with van der Waals surface area (Å²) in [7, 11) is 0. The van der Waals surface area contributed by atoms with Crippen LogP contribution in [0.4, 0.5) is 0 Å². The molecule has 0 aliphatic heterocycles. The Hall–Kier alpha value is -5.81. The molecule has 3 aromatic heterocycles. The average molecular weight is 728 g/mol. The fourth-order valence-electron chi connectivity index (χ4n) is 5.83. The number of terminal acetylenes is 1. The third-order valence-electron chi connectivity index (χ3n) is 9.21. The Bertz CT molecular complexity index is 2320. The van der Waals surface area contributed by atoms with Crippen molar-refractivity contribution in [1.29, 1.82) is 0 Å². The fourth-order valence-corrected chi connectivity index (χ4v) is 5.83. The highest BCUT2D eigenvalue weighted by molar-refractivity contribution is 5.80. The van der Waals surface area contributed by atoms with E-state index in [4.69, 9.17) is 6.42 Å². The molecule has 3 aromatic carbocycles. The number of aromatic nitrogens is 3. The molecule has 3 N–H and O–H groups in total. The number of aliphatic hydroxyl groups excluding tert-OH is 3. The zero-order chi connectivity index (χ0) is 38.7. The van der Waals surface area contributed by atoms with Crippen molar-refractivity contribution in [3.8, 4) is 36.0 Å². The lowest BCUT2D eigenvalue weighted by atomic mass is 10.1. The molecule has 1 aliphatic rings. The van der Waals surface area contributed by atoms with Gasteiger partial charge in [-0.05, 0) is 106 Å². The summed E-state index contributed by atoms with van der Waals surface area (Å²) in [6.07, 6.45) is 14.1. The highest BCUT2D eigenvalue weighted by Crippen LogP contribution is 2.34. The van der Waals surface area contributed by atoms with Crippen LogP contribution in [0, 0.1) is 41.9 Å². The minimum atomic E-state index is -0.602. The number of aryl methyl sites for hydroxylation is 1. The molecular formula is C49H49N3O3. The van der Waals surface area contributed by atoms with Gasteiger partial charge in [0, 0.05) is 34.7 Å². The van der Waals surface area contributed by atoms with Crippen molar-refractivity contribution in [3.63, 3.8) is 0 Å². The molecule has 3 heterocycles. The summed E-state index contributed by atoms with van der Waals surface area (Å²) in [6.45, 7) is 3.52. The summed E-state index contributed by atoms with van der Waals surface area (Å²) < 4.78 is 0. The second-order valence-corrected chi connectivity index (χ2v) is 13.6. The summed E-state index contributed by atoms with van der Waals surface area (Å²) in [4.78, 5) is 13.6. The first kappa shape index (κ1) is 40.4. The van der Waals surface area contributed by atoms with Crippen molar-refractivity contribution in [3.05, 3.63) is 139 Å². The number of hydrogen-bond donors (Lipinski definition) is 3. The summed E-state index contributed by atoms with van der Waals surface area (Å²) in [6, 6.07) is 36.2. The quantitative estimate of drug-likeness (QED) is 0.0700. The van der Waals surface area contributed by atoms with Gasteiger partial charge in [-0.25, -0.2) is 9.97 Å². The first-order valence-electron chi connectivity index (χ1n) is 19.1. The van der Waals surface area contributed by atoms with Crippen molar-refractivity contribution in [2.24, 2.45) is 5.92 Å². The summed E-state index contributed by atoms with van der Waals surface area (Å²) in [5.74, 6) is 15.1. The maximum Gasteiger partial charge on any atom is 0.114 e. The van der Waals surface area contributed by atoms with E-state index in [1.807, 2.05) is 91.0 Å². The van der Waals surface area contributed by atoms with Gasteiger partial charge in [0.1, 0.15) is 17.5 Å². The van der Waals surface area contributed by atoms with E-state index in [9.17, 15) is 15.3 Å². The van der Waals surface area contributed by atoms with Crippen LogP contribution in [0.25, 0.3) is 32.7 Å². The lowest BCUT2D eigenvalue weighted by Crippen LogP contribution is -2.07. The molecule has 3 atom stereocenters. The predicted molar refractivity (Wildman–Crippen MR) is 225 cm³/mol. The monoisotopic (exact) mass is 727 g/mol. The smallest absolute Gasteiger partial charge is 0.114 e. The van der Waals surface area contributed by atoms with Crippen LogP contribution in [0.1, 0.15) is 74.9 Å². The Kier molecular flexibility index (Phi) is 16.0. The van der Waals surface area contributed by atoms with Crippen LogP contribution in [0.15, 0.2) is 122 Å². The Balaban J connectivity index is 0.000000158. The Morgan fingerprint density at radius 2 is 1.15 bits per heavy atom. The van der Waals surface area contributed by atoms with Gasteiger partial charge >= 0.3 is 0 Å². The van der Waals surface area contributed by atoms with Gasteiger partial charge in [-0.1, -0.05) is 96.6 Å². The molecule has 55 heavy (non-hydrogen) atoms. The highest BCUT2D eigenvalue weighted by atomic mass is 16.3. The van der Waals surface area contributed by atoms with E-state index in [2.05, 4.69) is 69.3 Å². The van der Waals surface area contributed by atoms with Crippen LogP contribution in [0.3, 0.4) is 0 Å². The summed E-state index contributed by atoms with van der Waals surface area (Å²) >= 11 is 0. The maximum absolute atomic E-state index is 9.74. The van der Waals surface area contributed by atoms with Crippen LogP contribution < -0.4 is 0 Å². The van der Waals surface area contributed by atoms with Gasteiger partial charge < -0.3 is 15.3 Å². The Labute approximate surface area is 325 Å². The number of aliphatic hydroxyl groups is 3. The number of benzene rings is 3. The van der Waals surface area contributed by atoms with Crippen molar-refractivity contribution < 1.29 is 15.3 Å². The van der Waals surface area contributed by atoms with E-state index in [1.165, 1.54) is 24.3 Å². The molecular weight excluding hydrogens is 679 g/mol. The van der Waals surface area contributed by atoms with Gasteiger partial charge in [0.2, 0.25) is 0 Å². The van der Waals surface area contributed by atoms with Crippen molar-refractivity contribution >= 4 is 32.7 Å². The van der Waals surface area contributed by atoms with Crippen molar-refractivity contribution in [1.82, 2.24) is 15.0 Å². The van der Waals surface area contributed by atoms with Crippen LogP contribution in [0.5, 0.6) is 0 Å². The fraction of sp³-hybridized carbons (Fsp3) is 0.286. The number of para-hydroxylation sites is 3. The number of hydrogen-bond acceptors (Lipinski definition) is 6. The zero-order valence-electron chi connectivity index (χ0n) is 31.3. The third kappa shape index (κ3) is 13.8. The Morgan fingerprint density at radius 3 is 1.67 bits per heavy atom. The van der Waals surface area contributed by atoms with Gasteiger partial charge in [0.15, 0.2) is 0 Å². The molecule has 3 unspecified atom stereocenters. The van der Waals surface area contributed by atoms with Gasteiger partial charge in [-0.2, -0.15) is 0 Å². The molecule has 7 rings (SSSR count). The Morgan fingerprint density at radius 1 is 0.636 bits per heavy atom. The molecule has 1 aliphatic carbocycles. The molecule has 6 nitrogen and oxygen atoms in total. The highest BCUT2D eigenvalue weighted by Gasteiger charge is 2.28. The van der Waals surface area contributed by atoms with Gasteiger partial charge in [-0.15, -0.1) is 13.0 Å². The predicted octanol–water partition coefficient (Wildman–Crippen LogP) is 8.99. The van der Waals surface area contributed by atoms with E-state index < -0.39 is 12.2 Å². The van der Waals surface area contributed by atoms with Crippen LogP contribution in [0.2, 0.25) is 0 Å². The molecule has 0 amide bonds. The molecule has 0 spiro atoms. The zero-order valence-corrected chi connectivity index (χ0v) is 31.3. The molecule has 6 aromatic rings. The molecule has 1 fully saturated rings. The maximum atomic E-state index is 9.74. The first-order chi connectivity index (χ1) is 26.9. The standard InChI is InChI=1S/C17H17NO.C16H17NO.C16H15NO/c19-17(14-9-10-14)8-4-2-6-15-12-11-13-5-1-3-7-16(13)18-15;2*1-2-15(18)9-5-4-8-14-12-11-13-7-3-6-10-16(13)17-14/h1,3,5,7,11-12,14,17,19H,4,8-10H2;1,3,6-7,10-12,15,18H,4-5,8-9H2;2-3,6-7,10-12,15,18H,1,5,9H2. The number of pyridine rings is 3. The minimum absolute atomic E-state index is 0.154. The molecule has 1 saturated carbocycles. The second-order valence-electron chi connectivity index (χ2n) is 13.6. The van der Waals surface area contributed by atoms with Gasteiger partial charge in [0.25, 0.3) is 0 Å². The van der Waals surface area contributed by atoms with E-state index in [-0.39, 0.29) is 6.10 Å². The normalized spacial score (nSPS) is 13.3. The van der Waals surface area contributed by atoms with E-state index in [1.54, 1.807) is 0 Å². The number of rotatable bonds is 11. The molecule has 0 bridgehead atoms. The second kappa shape index (κ2) is 21.8. The molecule has 0 saturated heterocycles. The lowest BCUT2D eigenvalue weighted by Gasteiger charge is -2.04. The molecule has 0 radical (unpaired) electrons. The number of nitrogens with zero attached hydrogens (tertiary/aromatic N) is 3. The molecule has 6 heteroatoms. The largest absolute Gasteiger partial charge is 0.393 e. The van der Waals surface area contributed by atoms with Gasteiger partial charge in [-0.3, -0.25) is 4.98 Å². The molecule has 278 valence electrons. The minimum Gasteiger partial charge on any atom is -0.393 e. The van der Waals surface area contributed by atoms with E-state index in [0.29, 0.717) is 25.2 Å².